The number of carbonyl (C=O) groups excluding carboxylic acids is 2. The summed E-state index contributed by atoms with van der Waals surface area (Å²) in [5.41, 5.74) is 0.336. The summed E-state index contributed by atoms with van der Waals surface area (Å²) in [5.74, 6) is -0.953. The lowest BCUT2D eigenvalue weighted by Gasteiger charge is -2.41. The fraction of sp³-hybridized carbons (Fsp3) is 0.429. The third-order valence-electron chi connectivity index (χ3n) is 3.78. The van der Waals surface area contributed by atoms with Gasteiger partial charge in [-0.2, -0.15) is 0 Å². The van der Waals surface area contributed by atoms with Crippen molar-refractivity contribution in [2.45, 2.75) is 18.6 Å². The number of morpholine rings is 1. The van der Waals surface area contributed by atoms with E-state index in [-0.39, 0.29) is 35.6 Å². The second kappa shape index (κ2) is 5.61. The summed E-state index contributed by atoms with van der Waals surface area (Å²) in [4.78, 5) is 25.4. The summed E-state index contributed by atoms with van der Waals surface area (Å²) in [6.07, 6.45) is 0.606. The van der Waals surface area contributed by atoms with E-state index in [1.165, 1.54) is 18.2 Å². The minimum Gasteiger partial charge on any atom is -0.366 e. The molecule has 0 spiro atoms. The molecule has 0 saturated carbocycles. The molecule has 1 N–H and O–H groups in total. The number of rotatable bonds is 1. The smallest absolute Gasteiger partial charge is 0.253 e. The molecule has 0 unspecified atom stereocenters. The number of halogens is 2. The van der Waals surface area contributed by atoms with Crippen LogP contribution in [0.5, 0.6) is 0 Å². The zero-order valence-electron chi connectivity index (χ0n) is 11.1. The molecular weight excluding hydrogens is 299 g/mol. The van der Waals surface area contributed by atoms with E-state index in [0.717, 1.165) is 0 Å². The van der Waals surface area contributed by atoms with Crippen LogP contribution in [-0.2, 0) is 9.53 Å². The first-order valence-electron chi connectivity index (χ1n) is 6.70. The van der Waals surface area contributed by atoms with E-state index in [2.05, 4.69) is 5.32 Å². The fourth-order valence-electron chi connectivity index (χ4n) is 2.70. The van der Waals surface area contributed by atoms with E-state index in [1.54, 1.807) is 4.90 Å². The van der Waals surface area contributed by atoms with Gasteiger partial charge in [0.15, 0.2) is 0 Å². The quantitative estimate of drug-likeness (QED) is 0.848. The molecule has 1 aromatic rings. The van der Waals surface area contributed by atoms with E-state index >= 15 is 0 Å². The van der Waals surface area contributed by atoms with E-state index in [0.29, 0.717) is 25.1 Å². The summed E-state index contributed by atoms with van der Waals surface area (Å²) in [7, 11) is 0. The number of ether oxygens (including phenoxy) is 1. The van der Waals surface area contributed by atoms with Crippen molar-refractivity contribution in [3.8, 4) is 0 Å². The topological polar surface area (TPSA) is 58.6 Å². The first-order valence-corrected chi connectivity index (χ1v) is 7.07. The molecule has 2 amide bonds. The van der Waals surface area contributed by atoms with Gasteiger partial charge in [-0.3, -0.25) is 9.59 Å². The van der Waals surface area contributed by atoms with Crippen LogP contribution in [0.4, 0.5) is 4.39 Å². The summed E-state index contributed by atoms with van der Waals surface area (Å²) < 4.78 is 18.6. The first-order chi connectivity index (χ1) is 10.0. The number of piperidine rings is 1. The molecule has 112 valence electrons. The molecule has 2 fully saturated rings. The molecule has 2 aliphatic rings. The number of hydrogen-bond acceptors (Lipinski definition) is 3. The molecule has 7 heteroatoms. The molecule has 21 heavy (non-hydrogen) atoms. The number of fused-ring (bicyclic) bond motifs is 1. The highest BCUT2D eigenvalue weighted by molar-refractivity contribution is 6.31. The SMILES string of the molecule is O=C1CO[C@@H]2CCN(C(=O)c3ccc(F)c(Cl)c3)C[C@@H]2N1. The van der Waals surface area contributed by atoms with Crippen molar-refractivity contribution in [3.63, 3.8) is 0 Å². The van der Waals surface area contributed by atoms with Gasteiger partial charge in [0.25, 0.3) is 5.91 Å². The zero-order valence-corrected chi connectivity index (χ0v) is 11.9. The Labute approximate surface area is 126 Å². The van der Waals surface area contributed by atoms with Gasteiger partial charge in [0.05, 0.1) is 17.2 Å². The molecule has 0 aromatic heterocycles. The Hall–Kier alpha value is -1.66. The average molecular weight is 313 g/mol. The molecule has 0 radical (unpaired) electrons. The van der Waals surface area contributed by atoms with E-state index in [1.807, 2.05) is 0 Å². The minimum absolute atomic E-state index is 0.0523. The molecule has 0 aliphatic carbocycles. The standard InChI is InChI=1S/C14H14ClFN2O3/c15-9-5-8(1-2-10(9)16)14(20)18-4-3-12-11(6-18)17-13(19)7-21-12/h1-2,5,11-12H,3-4,6-7H2,(H,17,19)/t11-,12+/m0/s1. The van der Waals surface area contributed by atoms with Gasteiger partial charge in [-0.1, -0.05) is 11.6 Å². The second-order valence-electron chi connectivity index (χ2n) is 5.19. The first kappa shape index (κ1) is 14.3. The van der Waals surface area contributed by atoms with Gasteiger partial charge in [0.2, 0.25) is 5.91 Å². The zero-order chi connectivity index (χ0) is 15.0. The summed E-state index contributed by atoms with van der Waals surface area (Å²) in [5, 5.41) is 2.75. The Balaban J connectivity index is 1.73. The number of amides is 2. The van der Waals surface area contributed by atoms with E-state index in [9.17, 15) is 14.0 Å². The molecule has 1 aromatic carbocycles. The average Bonchev–Trinajstić information content (AvgIpc) is 2.48. The predicted octanol–water partition coefficient (Wildman–Crippen LogP) is 1.21. The normalized spacial score (nSPS) is 25.2. The van der Waals surface area contributed by atoms with Gasteiger partial charge in [-0.25, -0.2) is 4.39 Å². The van der Waals surface area contributed by atoms with Gasteiger partial charge >= 0.3 is 0 Å². The Morgan fingerprint density at radius 1 is 1.48 bits per heavy atom. The lowest BCUT2D eigenvalue weighted by Crippen LogP contribution is -2.61. The van der Waals surface area contributed by atoms with Gasteiger partial charge in [-0.15, -0.1) is 0 Å². The van der Waals surface area contributed by atoms with Crippen molar-refractivity contribution in [2.24, 2.45) is 0 Å². The number of benzene rings is 1. The summed E-state index contributed by atoms with van der Waals surface area (Å²) in [6.45, 7) is 0.984. The minimum atomic E-state index is -0.556. The molecule has 0 bridgehead atoms. The molecule has 2 atom stereocenters. The summed E-state index contributed by atoms with van der Waals surface area (Å²) >= 11 is 5.70. The molecule has 5 nitrogen and oxygen atoms in total. The van der Waals surface area contributed by atoms with Crippen molar-refractivity contribution < 1.29 is 18.7 Å². The molecule has 2 saturated heterocycles. The van der Waals surface area contributed by atoms with E-state index < -0.39 is 5.82 Å². The summed E-state index contributed by atoms with van der Waals surface area (Å²) in [6, 6.07) is 3.71. The molecule has 2 heterocycles. The van der Waals surface area contributed by atoms with Crippen molar-refractivity contribution in [1.29, 1.82) is 0 Å². The highest BCUT2D eigenvalue weighted by atomic mass is 35.5. The highest BCUT2D eigenvalue weighted by Gasteiger charge is 2.36. The number of nitrogens with zero attached hydrogens (tertiary/aromatic N) is 1. The van der Waals surface area contributed by atoms with Crippen molar-refractivity contribution in [3.05, 3.63) is 34.6 Å². The van der Waals surface area contributed by atoms with Crippen LogP contribution in [0.3, 0.4) is 0 Å². The van der Waals surface area contributed by atoms with Crippen LogP contribution in [0, 0.1) is 5.82 Å². The molecular formula is C14H14ClFN2O3. The Bertz CT molecular complexity index is 596. The highest BCUT2D eigenvalue weighted by Crippen LogP contribution is 2.21. The third kappa shape index (κ3) is 2.87. The van der Waals surface area contributed by atoms with Crippen molar-refractivity contribution >= 4 is 23.4 Å². The van der Waals surface area contributed by atoms with Crippen LogP contribution in [0.15, 0.2) is 18.2 Å². The monoisotopic (exact) mass is 312 g/mol. The maximum absolute atomic E-state index is 13.1. The van der Waals surface area contributed by atoms with Gasteiger partial charge in [0.1, 0.15) is 12.4 Å². The number of hydrogen-bond donors (Lipinski definition) is 1. The number of carbonyl (C=O) groups is 2. The number of nitrogens with one attached hydrogen (secondary N) is 1. The Morgan fingerprint density at radius 3 is 3.05 bits per heavy atom. The maximum atomic E-state index is 13.1. The molecule has 3 rings (SSSR count). The Morgan fingerprint density at radius 2 is 2.29 bits per heavy atom. The van der Waals surface area contributed by atoms with Gasteiger partial charge in [0, 0.05) is 18.7 Å². The largest absolute Gasteiger partial charge is 0.366 e. The van der Waals surface area contributed by atoms with Crippen molar-refractivity contribution in [1.82, 2.24) is 10.2 Å². The fourth-order valence-corrected chi connectivity index (χ4v) is 2.88. The van der Waals surface area contributed by atoms with Crippen LogP contribution >= 0.6 is 11.6 Å². The van der Waals surface area contributed by atoms with Gasteiger partial charge in [-0.05, 0) is 24.6 Å². The number of likely N-dealkylation sites (tertiary alicyclic amines) is 1. The maximum Gasteiger partial charge on any atom is 0.253 e. The second-order valence-corrected chi connectivity index (χ2v) is 5.60. The predicted molar refractivity (Wildman–Crippen MR) is 73.6 cm³/mol. The Kier molecular flexibility index (Phi) is 3.82. The van der Waals surface area contributed by atoms with Crippen LogP contribution < -0.4 is 5.32 Å². The van der Waals surface area contributed by atoms with Crippen LogP contribution in [0.1, 0.15) is 16.8 Å². The third-order valence-corrected chi connectivity index (χ3v) is 4.07. The molecule has 2 aliphatic heterocycles. The van der Waals surface area contributed by atoms with Crippen LogP contribution in [0.25, 0.3) is 0 Å². The van der Waals surface area contributed by atoms with Crippen LogP contribution in [-0.4, -0.2) is 48.6 Å². The van der Waals surface area contributed by atoms with E-state index in [4.69, 9.17) is 16.3 Å². The van der Waals surface area contributed by atoms with Gasteiger partial charge < -0.3 is 15.0 Å². The lowest BCUT2D eigenvalue weighted by molar-refractivity contribution is -0.139. The lowest BCUT2D eigenvalue weighted by atomic mass is 9.99. The van der Waals surface area contributed by atoms with Crippen LogP contribution in [0.2, 0.25) is 5.02 Å². The van der Waals surface area contributed by atoms with Crippen molar-refractivity contribution in [2.75, 3.05) is 19.7 Å².